The molecule has 0 radical (unpaired) electrons. The van der Waals surface area contributed by atoms with Crippen molar-refractivity contribution in [1.29, 1.82) is 0 Å². The van der Waals surface area contributed by atoms with Gasteiger partial charge < -0.3 is 9.47 Å². The monoisotopic (exact) mass is 413 g/mol. The molecular weight excluding hydrogens is 390 g/mol. The van der Waals surface area contributed by atoms with Crippen molar-refractivity contribution in [2.24, 2.45) is 0 Å². The summed E-state index contributed by atoms with van der Waals surface area (Å²) in [4.78, 5) is 0.135. The van der Waals surface area contributed by atoms with E-state index >= 15 is 0 Å². The van der Waals surface area contributed by atoms with Gasteiger partial charge in [0, 0.05) is 12.6 Å². The summed E-state index contributed by atoms with van der Waals surface area (Å²) in [5.41, 5.74) is 0. The zero-order valence-electron chi connectivity index (χ0n) is 15.2. The third kappa shape index (κ3) is 5.69. The molecule has 148 valence electrons. The zero-order valence-corrected chi connectivity index (χ0v) is 16.8. The minimum Gasteiger partial charge on any atom is -0.490 e. The Morgan fingerprint density at radius 2 is 1.44 bits per heavy atom. The molecule has 2 rings (SSSR count). The maximum Gasteiger partial charge on any atom is 0.240 e. The number of benzene rings is 2. The van der Waals surface area contributed by atoms with E-state index in [4.69, 9.17) is 9.47 Å². The average molecular weight is 414 g/mol. The summed E-state index contributed by atoms with van der Waals surface area (Å²) >= 11 is 0. The van der Waals surface area contributed by atoms with Gasteiger partial charge in [0.1, 0.15) is 0 Å². The first-order chi connectivity index (χ1) is 12.8. The van der Waals surface area contributed by atoms with Gasteiger partial charge in [-0.25, -0.2) is 21.6 Å². The van der Waals surface area contributed by atoms with Crippen molar-refractivity contribution in [3.63, 3.8) is 0 Å². The van der Waals surface area contributed by atoms with Crippen LogP contribution in [0, 0.1) is 0 Å². The molecule has 2 aromatic carbocycles. The highest BCUT2D eigenvalue weighted by molar-refractivity contribution is 7.91. The number of ether oxygens (including phenoxy) is 2. The van der Waals surface area contributed by atoms with Gasteiger partial charge in [-0.15, -0.1) is 0 Å². The van der Waals surface area contributed by atoms with E-state index in [0.717, 1.165) is 0 Å². The van der Waals surface area contributed by atoms with Crippen molar-refractivity contribution in [3.8, 4) is 11.5 Å². The topological polar surface area (TPSA) is 98.8 Å². The van der Waals surface area contributed by atoms with Gasteiger partial charge in [-0.3, -0.25) is 0 Å². The van der Waals surface area contributed by atoms with Gasteiger partial charge in [0.25, 0.3) is 0 Å². The molecule has 0 atom stereocenters. The molecule has 0 bridgehead atoms. The first-order valence-electron chi connectivity index (χ1n) is 8.47. The quantitative estimate of drug-likeness (QED) is 0.641. The van der Waals surface area contributed by atoms with Crippen LogP contribution in [0.15, 0.2) is 58.3 Å². The lowest BCUT2D eigenvalue weighted by Gasteiger charge is -2.13. The highest BCUT2D eigenvalue weighted by Crippen LogP contribution is 2.30. The Morgan fingerprint density at radius 1 is 0.815 bits per heavy atom. The fourth-order valence-electron chi connectivity index (χ4n) is 2.34. The molecule has 0 aliphatic heterocycles. The fourth-order valence-corrected chi connectivity index (χ4v) is 4.69. The molecule has 0 spiro atoms. The van der Waals surface area contributed by atoms with E-state index in [2.05, 4.69) is 4.72 Å². The van der Waals surface area contributed by atoms with Crippen LogP contribution in [0.4, 0.5) is 0 Å². The summed E-state index contributed by atoms with van der Waals surface area (Å²) in [7, 11) is -7.45. The normalized spacial score (nSPS) is 11.9. The molecule has 0 saturated carbocycles. The summed E-state index contributed by atoms with van der Waals surface area (Å²) in [6, 6.07) is 12.2. The van der Waals surface area contributed by atoms with Crippen LogP contribution in [0.1, 0.15) is 13.8 Å². The first kappa shape index (κ1) is 21.2. The molecule has 1 N–H and O–H groups in total. The van der Waals surface area contributed by atoms with E-state index in [-0.39, 0.29) is 22.1 Å². The molecule has 27 heavy (non-hydrogen) atoms. The van der Waals surface area contributed by atoms with Gasteiger partial charge in [0.2, 0.25) is 10.0 Å². The molecule has 7 nitrogen and oxygen atoms in total. The van der Waals surface area contributed by atoms with Gasteiger partial charge in [0.05, 0.1) is 28.8 Å². The maximum absolute atomic E-state index is 12.5. The van der Waals surface area contributed by atoms with Crippen LogP contribution in [0.25, 0.3) is 0 Å². The summed E-state index contributed by atoms with van der Waals surface area (Å²) < 4.78 is 62.6. The second-order valence-electron chi connectivity index (χ2n) is 5.50. The van der Waals surface area contributed by atoms with E-state index in [0.29, 0.717) is 24.7 Å². The van der Waals surface area contributed by atoms with Gasteiger partial charge in [-0.1, -0.05) is 18.2 Å². The Kier molecular flexibility index (Phi) is 7.23. The minimum atomic E-state index is -3.89. The largest absolute Gasteiger partial charge is 0.490 e. The van der Waals surface area contributed by atoms with Gasteiger partial charge in [0.15, 0.2) is 21.3 Å². The van der Waals surface area contributed by atoms with Crippen LogP contribution in [-0.2, 0) is 19.9 Å². The van der Waals surface area contributed by atoms with E-state index < -0.39 is 19.9 Å². The van der Waals surface area contributed by atoms with Crippen LogP contribution < -0.4 is 14.2 Å². The third-order valence-electron chi connectivity index (χ3n) is 3.59. The molecule has 2 aromatic rings. The lowest BCUT2D eigenvalue weighted by atomic mass is 10.3. The molecule has 0 saturated heterocycles. The molecule has 0 amide bonds. The second kappa shape index (κ2) is 9.20. The molecule has 0 fully saturated rings. The van der Waals surface area contributed by atoms with Gasteiger partial charge in [-0.2, -0.15) is 0 Å². The summed E-state index contributed by atoms with van der Waals surface area (Å²) in [6.07, 6.45) is 0. The van der Waals surface area contributed by atoms with Crippen molar-refractivity contribution in [3.05, 3.63) is 48.5 Å². The van der Waals surface area contributed by atoms with Gasteiger partial charge in [-0.05, 0) is 38.1 Å². The second-order valence-corrected chi connectivity index (χ2v) is 9.38. The highest BCUT2D eigenvalue weighted by Gasteiger charge is 2.19. The smallest absolute Gasteiger partial charge is 0.240 e. The number of sulfone groups is 1. The number of hydrogen-bond donors (Lipinski definition) is 1. The lowest BCUT2D eigenvalue weighted by Crippen LogP contribution is -2.29. The number of hydrogen-bond acceptors (Lipinski definition) is 6. The molecule has 0 heterocycles. The number of rotatable bonds is 10. The van der Waals surface area contributed by atoms with E-state index in [1.807, 2.05) is 6.92 Å². The predicted molar refractivity (Wildman–Crippen MR) is 102 cm³/mol. The Balaban J connectivity index is 2.11. The third-order valence-corrected chi connectivity index (χ3v) is 6.78. The number of sulfonamides is 1. The Morgan fingerprint density at radius 3 is 2.07 bits per heavy atom. The van der Waals surface area contributed by atoms with E-state index in [1.54, 1.807) is 25.1 Å². The molecular formula is C18H23NO6S2. The minimum absolute atomic E-state index is 0.0217. The standard InChI is InChI=1S/C18H23NO6S2/c1-3-24-17-11-10-16(14-18(17)25-4-2)27(22,23)19-12-13-26(20,21)15-8-6-5-7-9-15/h5-11,14,19H,3-4,12-13H2,1-2H3. The maximum atomic E-state index is 12.5. The molecule has 0 aliphatic rings. The number of nitrogens with one attached hydrogen (secondary N) is 1. The van der Waals surface area contributed by atoms with Crippen molar-refractivity contribution in [1.82, 2.24) is 4.72 Å². The van der Waals surface area contributed by atoms with Crippen molar-refractivity contribution >= 4 is 19.9 Å². The van der Waals surface area contributed by atoms with Crippen LogP contribution in [-0.4, -0.2) is 42.3 Å². The van der Waals surface area contributed by atoms with Gasteiger partial charge >= 0.3 is 0 Å². The fraction of sp³-hybridized carbons (Fsp3) is 0.333. The van der Waals surface area contributed by atoms with E-state index in [9.17, 15) is 16.8 Å². The van der Waals surface area contributed by atoms with Crippen molar-refractivity contribution in [2.75, 3.05) is 25.5 Å². The first-order valence-corrected chi connectivity index (χ1v) is 11.6. The van der Waals surface area contributed by atoms with E-state index in [1.165, 1.54) is 30.3 Å². The Hall–Kier alpha value is -2.10. The van der Waals surface area contributed by atoms with Crippen molar-refractivity contribution < 1.29 is 26.3 Å². The highest BCUT2D eigenvalue weighted by atomic mass is 32.2. The van der Waals surface area contributed by atoms with Crippen LogP contribution >= 0.6 is 0 Å². The zero-order chi connectivity index (χ0) is 19.9. The summed E-state index contributed by atoms with van der Waals surface area (Å²) in [6.45, 7) is 4.13. The SMILES string of the molecule is CCOc1ccc(S(=O)(=O)NCCS(=O)(=O)c2ccccc2)cc1OCC. The average Bonchev–Trinajstić information content (AvgIpc) is 2.64. The lowest BCUT2D eigenvalue weighted by molar-refractivity contribution is 0.287. The predicted octanol–water partition coefficient (Wildman–Crippen LogP) is 2.24. The summed E-state index contributed by atoms with van der Waals surface area (Å²) in [5.74, 6) is 0.426. The molecule has 0 unspecified atom stereocenters. The summed E-state index contributed by atoms with van der Waals surface area (Å²) in [5, 5.41) is 0. The van der Waals surface area contributed by atoms with Crippen LogP contribution in [0.2, 0.25) is 0 Å². The molecule has 0 aliphatic carbocycles. The van der Waals surface area contributed by atoms with Crippen LogP contribution in [0.3, 0.4) is 0 Å². The molecule has 9 heteroatoms. The van der Waals surface area contributed by atoms with Crippen molar-refractivity contribution in [2.45, 2.75) is 23.6 Å². The Bertz CT molecular complexity index is 957. The Labute approximate surface area is 160 Å². The van der Waals surface area contributed by atoms with Crippen LogP contribution in [0.5, 0.6) is 11.5 Å². The molecule has 0 aromatic heterocycles.